The van der Waals surface area contributed by atoms with Gasteiger partial charge < -0.3 is 15.0 Å². The minimum absolute atomic E-state index is 0.0223. The molecule has 2 fully saturated rings. The molecule has 0 radical (unpaired) electrons. The second-order valence-electron chi connectivity index (χ2n) is 10.4. The fourth-order valence-electron chi connectivity index (χ4n) is 5.33. The number of allylic oxidation sites excluding steroid dienone is 2. The summed E-state index contributed by atoms with van der Waals surface area (Å²) < 4.78 is 5.50. The Bertz CT molecular complexity index is 701. The highest BCUT2D eigenvalue weighted by molar-refractivity contribution is 5.90. The number of likely N-dealkylation sites (N-methyl/N-ethyl adjacent to an activating group) is 1. The maximum absolute atomic E-state index is 13.4. The molecule has 1 saturated heterocycles. The van der Waals surface area contributed by atoms with Crippen LogP contribution in [0.4, 0.5) is 0 Å². The third-order valence-corrected chi connectivity index (χ3v) is 7.48. The quantitative estimate of drug-likeness (QED) is 0.432. The van der Waals surface area contributed by atoms with E-state index in [1.54, 1.807) is 4.90 Å². The van der Waals surface area contributed by atoms with E-state index in [9.17, 15) is 14.4 Å². The first kappa shape index (κ1) is 27.7. The second-order valence-corrected chi connectivity index (χ2v) is 10.4. The zero-order chi connectivity index (χ0) is 24.9. The molecular formula is C27H45N3O5. The summed E-state index contributed by atoms with van der Waals surface area (Å²) in [5, 5.41) is 3.07. The molecule has 2 heterocycles. The van der Waals surface area contributed by atoms with E-state index in [1.165, 1.54) is 19.3 Å². The van der Waals surface area contributed by atoms with Crippen molar-refractivity contribution < 1.29 is 24.0 Å². The molecule has 8 heteroatoms. The Hall–Kier alpha value is -1.93. The number of hydrogen-bond acceptors (Lipinski definition) is 5. The molecule has 0 bridgehead atoms. The minimum Gasteiger partial charge on any atom is -0.350 e. The maximum Gasteiger partial charge on any atom is 0.244 e. The summed E-state index contributed by atoms with van der Waals surface area (Å²) >= 11 is 0. The number of ether oxygens (including phenoxy) is 1. The van der Waals surface area contributed by atoms with Crippen LogP contribution < -0.4 is 10.8 Å². The highest BCUT2D eigenvalue weighted by Gasteiger charge is 2.31. The highest BCUT2D eigenvalue weighted by atomic mass is 16.8. The van der Waals surface area contributed by atoms with E-state index >= 15 is 0 Å². The lowest BCUT2D eigenvalue weighted by Crippen LogP contribution is -2.50. The Kier molecular flexibility index (Phi) is 12.0. The molecule has 0 aromatic heterocycles. The third kappa shape index (κ3) is 9.92. The summed E-state index contributed by atoms with van der Waals surface area (Å²) in [7, 11) is 1.83. The van der Waals surface area contributed by atoms with Crippen LogP contribution in [0.3, 0.4) is 0 Å². The van der Waals surface area contributed by atoms with Crippen molar-refractivity contribution in [1.82, 2.24) is 15.7 Å². The van der Waals surface area contributed by atoms with Gasteiger partial charge in [-0.15, -0.1) is 0 Å². The monoisotopic (exact) mass is 491 g/mol. The van der Waals surface area contributed by atoms with Crippen LogP contribution in [0.5, 0.6) is 0 Å². The number of rotatable bonds is 6. The molecule has 2 N–H and O–H groups in total. The molecular weight excluding hydrogens is 446 g/mol. The molecule has 1 unspecified atom stereocenters. The maximum atomic E-state index is 13.4. The van der Waals surface area contributed by atoms with Gasteiger partial charge in [-0.25, -0.2) is 10.3 Å². The lowest BCUT2D eigenvalue weighted by Gasteiger charge is -2.30. The fourth-order valence-corrected chi connectivity index (χ4v) is 5.33. The van der Waals surface area contributed by atoms with Gasteiger partial charge in [0.1, 0.15) is 6.04 Å². The van der Waals surface area contributed by atoms with Crippen LogP contribution in [0.1, 0.15) is 96.3 Å². The van der Waals surface area contributed by atoms with Crippen LogP contribution in [0.15, 0.2) is 12.2 Å². The smallest absolute Gasteiger partial charge is 0.244 e. The van der Waals surface area contributed by atoms with Crippen LogP contribution in [0.2, 0.25) is 0 Å². The molecule has 1 aliphatic carbocycles. The first-order valence-electron chi connectivity index (χ1n) is 13.8. The van der Waals surface area contributed by atoms with E-state index in [0.29, 0.717) is 31.9 Å². The van der Waals surface area contributed by atoms with E-state index < -0.39 is 18.2 Å². The van der Waals surface area contributed by atoms with Crippen molar-refractivity contribution in [2.45, 2.75) is 109 Å². The fraction of sp³-hybridized carbons (Fsp3) is 0.815. The largest absolute Gasteiger partial charge is 0.350 e. The number of amides is 3. The number of carbonyl (C=O) groups is 3. The first-order valence-corrected chi connectivity index (χ1v) is 13.8. The summed E-state index contributed by atoms with van der Waals surface area (Å²) in [4.78, 5) is 46.5. The van der Waals surface area contributed by atoms with Crippen molar-refractivity contribution in [2.75, 3.05) is 20.2 Å². The van der Waals surface area contributed by atoms with Gasteiger partial charge >= 0.3 is 0 Å². The Labute approximate surface area is 210 Å². The number of carbonyl (C=O) groups excluding carboxylic acids is 3. The van der Waals surface area contributed by atoms with Crippen molar-refractivity contribution in [3.63, 3.8) is 0 Å². The molecule has 3 aliphatic rings. The van der Waals surface area contributed by atoms with Crippen LogP contribution in [0.25, 0.3) is 0 Å². The van der Waals surface area contributed by atoms with Crippen molar-refractivity contribution in [3.05, 3.63) is 12.2 Å². The van der Waals surface area contributed by atoms with Gasteiger partial charge in [0.15, 0.2) is 6.29 Å². The molecule has 1 saturated carbocycles. The van der Waals surface area contributed by atoms with Gasteiger partial charge in [0.25, 0.3) is 0 Å². The van der Waals surface area contributed by atoms with Gasteiger partial charge in [-0.05, 0) is 57.3 Å². The number of hydroxylamine groups is 1. The van der Waals surface area contributed by atoms with Gasteiger partial charge in [0.05, 0.1) is 0 Å². The Balaban J connectivity index is 1.64. The van der Waals surface area contributed by atoms with E-state index in [4.69, 9.17) is 9.57 Å². The zero-order valence-corrected chi connectivity index (χ0v) is 21.5. The Morgan fingerprint density at radius 3 is 2.51 bits per heavy atom. The minimum atomic E-state index is -0.536. The lowest BCUT2D eigenvalue weighted by molar-refractivity contribution is -0.200. The normalized spacial score (nSPS) is 28.3. The number of nitrogens with zero attached hydrogens (tertiary/aromatic N) is 1. The molecule has 3 rings (SSSR count). The molecule has 3 atom stereocenters. The predicted molar refractivity (Wildman–Crippen MR) is 134 cm³/mol. The second kappa shape index (κ2) is 15.2. The van der Waals surface area contributed by atoms with Gasteiger partial charge in [-0.2, -0.15) is 0 Å². The van der Waals surface area contributed by atoms with Crippen molar-refractivity contribution in [2.24, 2.45) is 11.8 Å². The summed E-state index contributed by atoms with van der Waals surface area (Å²) in [5.41, 5.74) is 2.48. The zero-order valence-electron chi connectivity index (χ0n) is 21.5. The van der Waals surface area contributed by atoms with E-state index in [-0.39, 0.29) is 24.1 Å². The molecule has 0 aromatic carbocycles. The van der Waals surface area contributed by atoms with E-state index in [2.05, 4.69) is 22.9 Å². The first-order chi connectivity index (χ1) is 17.0. The topological polar surface area (TPSA) is 97.0 Å². The van der Waals surface area contributed by atoms with Crippen molar-refractivity contribution >= 4 is 17.7 Å². The average Bonchev–Trinajstić information content (AvgIpc) is 2.88. The predicted octanol–water partition coefficient (Wildman–Crippen LogP) is 4.00. The Morgan fingerprint density at radius 1 is 1.03 bits per heavy atom. The molecule has 35 heavy (non-hydrogen) atoms. The van der Waals surface area contributed by atoms with Crippen LogP contribution in [-0.2, 0) is 24.0 Å². The molecule has 198 valence electrons. The average molecular weight is 492 g/mol. The summed E-state index contributed by atoms with van der Waals surface area (Å²) in [5.74, 6) is -0.611. The Morgan fingerprint density at radius 2 is 1.77 bits per heavy atom. The molecule has 8 nitrogen and oxygen atoms in total. The van der Waals surface area contributed by atoms with Gasteiger partial charge in [-0.1, -0.05) is 44.3 Å². The van der Waals surface area contributed by atoms with Gasteiger partial charge in [0.2, 0.25) is 17.7 Å². The molecule has 2 aliphatic heterocycles. The van der Waals surface area contributed by atoms with Crippen molar-refractivity contribution in [3.8, 4) is 0 Å². The summed E-state index contributed by atoms with van der Waals surface area (Å²) in [6.45, 7) is 1.30. The summed E-state index contributed by atoms with van der Waals surface area (Å²) in [6, 6.07) is -0.536. The standard InChI is InChI=1S/C27H45N3O5/c1-30-17-11-5-3-2-4-9-15-22(20-24(31)29-35-25-16-10-12-18-34-25)26(32)28-23(27(30)33)19-21-13-7-6-8-14-21/h2-3,21-23,25H,4-20H2,1H3,(H,28,32)(H,29,31)/t22-,23+,25?/m1/s1. The lowest BCUT2D eigenvalue weighted by atomic mass is 9.84. The van der Waals surface area contributed by atoms with Gasteiger partial charge in [0, 0.05) is 39.0 Å². The van der Waals surface area contributed by atoms with Crippen LogP contribution >= 0.6 is 0 Å². The third-order valence-electron chi connectivity index (χ3n) is 7.48. The van der Waals surface area contributed by atoms with Crippen LogP contribution in [0, 0.1) is 11.8 Å². The van der Waals surface area contributed by atoms with E-state index in [1.807, 2.05) is 7.05 Å². The molecule has 3 amide bonds. The molecule has 0 aromatic rings. The van der Waals surface area contributed by atoms with Crippen LogP contribution in [-0.4, -0.2) is 55.2 Å². The van der Waals surface area contributed by atoms with Crippen molar-refractivity contribution in [1.29, 1.82) is 0 Å². The number of hydrogen-bond donors (Lipinski definition) is 2. The van der Waals surface area contributed by atoms with Gasteiger partial charge in [-0.3, -0.25) is 14.4 Å². The highest BCUT2D eigenvalue weighted by Crippen LogP contribution is 2.28. The SMILES string of the molecule is CN1CCCC=CCCC[C@H](CC(=O)NOC2CCCCO2)C(=O)N[C@@H](CC2CCCCC2)C1=O. The number of nitrogens with one attached hydrogen (secondary N) is 2. The molecule has 0 spiro atoms. The van der Waals surface area contributed by atoms with E-state index in [0.717, 1.165) is 57.8 Å². The summed E-state index contributed by atoms with van der Waals surface area (Å²) in [6.07, 6.45) is 17.3.